The summed E-state index contributed by atoms with van der Waals surface area (Å²) in [5, 5.41) is 13.9. The average molecular weight is 331 g/mol. The van der Waals surface area contributed by atoms with E-state index in [0.29, 0.717) is 12.5 Å². The van der Waals surface area contributed by atoms with Crippen molar-refractivity contribution >= 4 is 17.3 Å². The van der Waals surface area contributed by atoms with Gasteiger partial charge in [0.25, 0.3) is 0 Å². The largest absolute Gasteiger partial charge is 0.481 e. The van der Waals surface area contributed by atoms with Crippen LogP contribution in [-0.4, -0.2) is 38.8 Å². The molecule has 2 aromatic rings. The summed E-state index contributed by atoms with van der Waals surface area (Å²) in [4.78, 5) is 16.6. The van der Waals surface area contributed by atoms with Crippen LogP contribution in [0, 0.1) is 11.3 Å². The number of hydrogen-bond donors (Lipinski definition) is 1. The first-order valence-corrected chi connectivity index (χ1v) is 8.92. The third kappa shape index (κ3) is 2.50. The first kappa shape index (κ1) is 14.9. The van der Waals surface area contributed by atoms with Crippen LogP contribution in [0.3, 0.4) is 0 Å². The fourth-order valence-corrected chi connectivity index (χ4v) is 5.28. The van der Waals surface area contributed by atoms with Gasteiger partial charge in [0.2, 0.25) is 0 Å². The van der Waals surface area contributed by atoms with Crippen LogP contribution in [0.1, 0.15) is 24.1 Å². The van der Waals surface area contributed by atoms with Crippen LogP contribution >= 0.6 is 11.3 Å². The number of rotatable bonds is 4. The van der Waals surface area contributed by atoms with E-state index in [1.165, 1.54) is 9.75 Å². The fourth-order valence-electron chi connectivity index (χ4n) is 4.25. The number of fused-ring (bicyclic) bond motifs is 1. The highest BCUT2D eigenvalue weighted by atomic mass is 32.1. The quantitative estimate of drug-likeness (QED) is 0.936. The van der Waals surface area contributed by atoms with Crippen molar-refractivity contribution in [3.8, 4) is 10.4 Å². The maximum Gasteiger partial charge on any atom is 0.311 e. The summed E-state index contributed by atoms with van der Waals surface area (Å²) in [6, 6.07) is 4.30. The van der Waals surface area contributed by atoms with E-state index in [2.05, 4.69) is 22.1 Å². The molecule has 23 heavy (non-hydrogen) atoms. The van der Waals surface area contributed by atoms with Crippen LogP contribution in [0.15, 0.2) is 24.5 Å². The molecule has 5 nitrogen and oxygen atoms in total. The molecule has 0 amide bonds. The van der Waals surface area contributed by atoms with Gasteiger partial charge in [-0.2, -0.15) is 5.10 Å². The number of carbonyl (C=O) groups is 1. The molecule has 1 N–H and O–H groups in total. The Labute approximate surface area is 139 Å². The molecule has 4 rings (SSSR count). The lowest BCUT2D eigenvalue weighted by atomic mass is 9.81. The standard InChI is InChI=1S/C17H21N3O2S/c1-19-8-12(7-18-19)15-5-4-14(23-15)10-20-9-13-3-2-6-17(13,11-20)16(21)22/h4-5,7-8,13H,2-3,6,9-11H2,1H3,(H,21,22)/t13-,17+/m0/s1. The first-order valence-electron chi connectivity index (χ1n) is 8.10. The summed E-state index contributed by atoms with van der Waals surface area (Å²) < 4.78 is 1.81. The van der Waals surface area contributed by atoms with Crippen molar-refractivity contribution < 1.29 is 9.90 Å². The maximum atomic E-state index is 11.8. The second-order valence-corrected chi connectivity index (χ2v) is 8.06. The molecule has 1 aliphatic heterocycles. The third-order valence-electron chi connectivity index (χ3n) is 5.40. The minimum atomic E-state index is -0.593. The number of thiophene rings is 1. The van der Waals surface area contributed by atoms with E-state index in [0.717, 1.165) is 37.9 Å². The molecular weight excluding hydrogens is 310 g/mol. The van der Waals surface area contributed by atoms with Crippen LogP contribution in [0.4, 0.5) is 0 Å². The van der Waals surface area contributed by atoms with E-state index in [1.54, 1.807) is 11.3 Å². The zero-order valence-electron chi connectivity index (χ0n) is 13.2. The van der Waals surface area contributed by atoms with Crippen molar-refractivity contribution in [2.75, 3.05) is 13.1 Å². The Kier molecular flexibility index (Phi) is 3.54. The lowest BCUT2D eigenvalue weighted by molar-refractivity contribution is -0.149. The normalized spacial score (nSPS) is 27.4. The first-order chi connectivity index (χ1) is 11.1. The third-order valence-corrected chi connectivity index (χ3v) is 6.52. The molecule has 3 heterocycles. The van der Waals surface area contributed by atoms with E-state index >= 15 is 0 Å². The van der Waals surface area contributed by atoms with Crippen LogP contribution < -0.4 is 0 Å². The molecule has 0 aromatic carbocycles. The van der Waals surface area contributed by atoms with Gasteiger partial charge in [-0.15, -0.1) is 11.3 Å². The highest BCUT2D eigenvalue weighted by Gasteiger charge is 2.54. The van der Waals surface area contributed by atoms with Crippen molar-refractivity contribution in [3.05, 3.63) is 29.4 Å². The average Bonchev–Trinajstić information content (AvgIpc) is 3.21. The number of aryl methyl sites for hydroxylation is 1. The van der Waals surface area contributed by atoms with Gasteiger partial charge in [0.05, 0.1) is 11.6 Å². The molecule has 122 valence electrons. The van der Waals surface area contributed by atoms with Crippen molar-refractivity contribution in [2.45, 2.75) is 25.8 Å². The Morgan fingerprint density at radius 1 is 1.52 bits per heavy atom. The summed E-state index contributed by atoms with van der Waals surface area (Å²) in [5.41, 5.74) is 0.660. The minimum Gasteiger partial charge on any atom is -0.481 e. The van der Waals surface area contributed by atoms with Gasteiger partial charge in [0, 0.05) is 48.2 Å². The van der Waals surface area contributed by atoms with Crippen molar-refractivity contribution in [1.29, 1.82) is 0 Å². The van der Waals surface area contributed by atoms with Gasteiger partial charge in [-0.1, -0.05) is 6.42 Å². The summed E-state index contributed by atoms with van der Waals surface area (Å²) in [7, 11) is 1.92. The monoisotopic (exact) mass is 331 g/mol. The van der Waals surface area contributed by atoms with Gasteiger partial charge in [0.15, 0.2) is 0 Å². The van der Waals surface area contributed by atoms with Crippen molar-refractivity contribution in [2.24, 2.45) is 18.4 Å². The Balaban J connectivity index is 1.48. The summed E-state index contributed by atoms with van der Waals surface area (Å²) in [6.45, 7) is 2.48. The van der Waals surface area contributed by atoms with Gasteiger partial charge in [-0.25, -0.2) is 0 Å². The molecule has 0 unspecified atom stereocenters. The summed E-state index contributed by atoms with van der Waals surface area (Å²) in [5.74, 6) is -0.262. The number of carboxylic acids is 1. The molecule has 2 aliphatic rings. The highest BCUT2D eigenvalue weighted by molar-refractivity contribution is 7.15. The van der Waals surface area contributed by atoms with E-state index in [-0.39, 0.29) is 0 Å². The zero-order valence-corrected chi connectivity index (χ0v) is 14.1. The van der Waals surface area contributed by atoms with E-state index in [4.69, 9.17) is 0 Å². The van der Waals surface area contributed by atoms with Crippen molar-refractivity contribution in [1.82, 2.24) is 14.7 Å². The Morgan fingerprint density at radius 3 is 3.09 bits per heavy atom. The molecule has 6 heteroatoms. The highest BCUT2D eigenvalue weighted by Crippen LogP contribution is 2.49. The van der Waals surface area contributed by atoms with Crippen LogP contribution in [-0.2, 0) is 18.4 Å². The Bertz CT molecular complexity index is 738. The van der Waals surface area contributed by atoms with Crippen molar-refractivity contribution in [3.63, 3.8) is 0 Å². The van der Waals surface area contributed by atoms with Gasteiger partial charge in [-0.3, -0.25) is 14.4 Å². The molecule has 0 bridgehead atoms. The van der Waals surface area contributed by atoms with Crippen LogP contribution in [0.5, 0.6) is 0 Å². The Hall–Kier alpha value is -1.66. The molecule has 1 saturated heterocycles. The lowest BCUT2D eigenvalue weighted by Gasteiger charge is -2.23. The van der Waals surface area contributed by atoms with E-state index in [1.807, 2.05) is 24.1 Å². The molecule has 2 atom stereocenters. The second-order valence-electron chi connectivity index (χ2n) is 6.89. The lowest BCUT2D eigenvalue weighted by Crippen LogP contribution is -2.35. The zero-order chi connectivity index (χ0) is 16.0. The minimum absolute atomic E-state index is 0.331. The molecule has 1 saturated carbocycles. The number of nitrogens with zero attached hydrogens (tertiary/aromatic N) is 3. The summed E-state index contributed by atoms with van der Waals surface area (Å²) in [6.07, 6.45) is 6.88. The predicted molar refractivity (Wildman–Crippen MR) is 89.2 cm³/mol. The number of aliphatic carboxylic acids is 1. The molecular formula is C17H21N3O2S. The van der Waals surface area contributed by atoms with Crippen LogP contribution in [0.2, 0.25) is 0 Å². The van der Waals surface area contributed by atoms with Gasteiger partial charge < -0.3 is 5.11 Å². The van der Waals surface area contributed by atoms with Gasteiger partial charge in [0.1, 0.15) is 0 Å². The SMILES string of the molecule is Cn1cc(-c2ccc(CN3C[C@@H]4CCC[C@@]4(C(=O)O)C3)s2)cn1. The molecule has 2 fully saturated rings. The summed E-state index contributed by atoms with van der Waals surface area (Å²) >= 11 is 1.78. The molecule has 0 spiro atoms. The van der Waals surface area contributed by atoms with E-state index < -0.39 is 11.4 Å². The van der Waals surface area contributed by atoms with E-state index in [9.17, 15) is 9.90 Å². The Morgan fingerprint density at radius 2 is 2.39 bits per heavy atom. The number of carboxylic acid groups (broad SMARTS) is 1. The molecule has 0 radical (unpaired) electrons. The van der Waals surface area contributed by atoms with Gasteiger partial charge >= 0.3 is 5.97 Å². The number of aromatic nitrogens is 2. The maximum absolute atomic E-state index is 11.8. The number of likely N-dealkylation sites (tertiary alicyclic amines) is 1. The predicted octanol–water partition coefficient (Wildman–Crippen LogP) is 2.84. The topological polar surface area (TPSA) is 58.4 Å². The smallest absolute Gasteiger partial charge is 0.311 e. The van der Waals surface area contributed by atoms with Gasteiger partial charge in [-0.05, 0) is 30.9 Å². The number of hydrogen-bond acceptors (Lipinski definition) is 4. The second kappa shape index (κ2) is 5.46. The molecule has 2 aromatic heterocycles. The molecule has 1 aliphatic carbocycles. The van der Waals surface area contributed by atoms with Crippen LogP contribution in [0.25, 0.3) is 10.4 Å². The fraction of sp³-hybridized carbons (Fsp3) is 0.529.